The Kier molecular flexibility index (Phi) is 5.06. The first-order valence-electron chi connectivity index (χ1n) is 9.12. The van der Waals surface area contributed by atoms with E-state index in [0.717, 1.165) is 11.3 Å². The zero-order valence-corrected chi connectivity index (χ0v) is 17.3. The first-order chi connectivity index (χ1) is 13.9. The third kappa shape index (κ3) is 3.61. The van der Waals surface area contributed by atoms with Crippen LogP contribution in [0.3, 0.4) is 0 Å². The number of halogens is 1. The highest BCUT2D eigenvalue weighted by Crippen LogP contribution is 2.34. The van der Waals surface area contributed by atoms with Gasteiger partial charge in [-0.2, -0.15) is 0 Å². The van der Waals surface area contributed by atoms with Gasteiger partial charge in [0.15, 0.2) is 0 Å². The molecule has 0 N–H and O–H groups in total. The molecule has 5 nitrogen and oxygen atoms in total. The second kappa shape index (κ2) is 7.54. The number of hydrogen-bond acceptors (Lipinski definition) is 3. The molecule has 0 atom stereocenters. The average Bonchev–Trinajstić information content (AvgIpc) is 3.17. The Labute approximate surface area is 175 Å². The molecular weight excluding hydrogens is 408 g/mol. The van der Waals surface area contributed by atoms with Crippen molar-refractivity contribution in [3.05, 3.63) is 88.9 Å². The van der Waals surface area contributed by atoms with Crippen molar-refractivity contribution in [1.82, 2.24) is 0 Å². The van der Waals surface area contributed by atoms with Gasteiger partial charge in [-0.25, -0.2) is 8.42 Å². The summed E-state index contributed by atoms with van der Waals surface area (Å²) < 4.78 is 27.4. The van der Waals surface area contributed by atoms with E-state index in [4.69, 9.17) is 11.6 Å². The first kappa shape index (κ1) is 19.5. The Morgan fingerprint density at radius 3 is 2.38 bits per heavy atom. The number of sulfonamides is 1. The van der Waals surface area contributed by atoms with Gasteiger partial charge in [-0.1, -0.05) is 29.8 Å². The van der Waals surface area contributed by atoms with E-state index in [0.29, 0.717) is 29.2 Å². The molecule has 0 saturated carbocycles. The lowest BCUT2D eigenvalue weighted by Gasteiger charge is -2.20. The van der Waals surface area contributed by atoms with Crippen LogP contribution in [-0.2, 0) is 16.4 Å². The van der Waals surface area contributed by atoms with E-state index in [1.807, 2.05) is 30.3 Å². The van der Waals surface area contributed by atoms with Gasteiger partial charge in [0.05, 0.1) is 10.6 Å². The highest BCUT2D eigenvalue weighted by atomic mass is 35.5. The molecule has 1 heterocycles. The zero-order valence-electron chi connectivity index (χ0n) is 15.7. The van der Waals surface area contributed by atoms with Crippen LogP contribution in [-0.4, -0.2) is 27.9 Å². The third-order valence-corrected chi connectivity index (χ3v) is 7.11. The molecule has 0 aliphatic carbocycles. The molecule has 3 aromatic carbocycles. The molecule has 0 spiro atoms. The topological polar surface area (TPSA) is 57.7 Å². The molecule has 148 valence electrons. The van der Waals surface area contributed by atoms with Gasteiger partial charge in [0.25, 0.3) is 15.9 Å². The predicted octanol–water partition coefficient (Wildman–Crippen LogP) is 4.37. The van der Waals surface area contributed by atoms with Crippen molar-refractivity contribution in [2.24, 2.45) is 0 Å². The normalized spacial score (nSPS) is 13.2. The molecule has 0 unspecified atom stereocenters. The Balaban J connectivity index is 1.63. The Hall–Kier alpha value is -2.83. The van der Waals surface area contributed by atoms with Crippen molar-refractivity contribution in [3.8, 4) is 0 Å². The number of carbonyl (C=O) groups is 1. The van der Waals surface area contributed by atoms with E-state index >= 15 is 0 Å². The number of hydrogen-bond donors (Lipinski definition) is 0. The van der Waals surface area contributed by atoms with Crippen molar-refractivity contribution < 1.29 is 13.2 Å². The molecule has 0 radical (unpaired) electrons. The maximum atomic E-state index is 13.0. The van der Waals surface area contributed by atoms with Gasteiger partial charge in [0.2, 0.25) is 0 Å². The average molecular weight is 427 g/mol. The van der Waals surface area contributed by atoms with Crippen LogP contribution in [0.2, 0.25) is 5.02 Å². The van der Waals surface area contributed by atoms with Crippen molar-refractivity contribution in [1.29, 1.82) is 0 Å². The Morgan fingerprint density at radius 1 is 1.00 bits per heavy atom. The summed E-state index contributed by atoms with van der Waals surface area (Å²) in [5.74, 6) is -0.141. The van der Waals surface area contributed by atoms with E-state index in [1.165, 1.54) is 16.4 Å². The fraction of sp³-hybridized carbons (Fsp3) is 0.136. The molecule has 0 saturated heterocycles. The number of anilines is 2. The molecule has 7 heteroatoms. The summed E-state index contributed by atoms with van der Waals surface area (Å²) in [5, 5.41) is 0.483. The van der Waals surface area contributed by atoms with Crippen LogP contribution < -0.4 is 9.21 Å². The van der Waals surface area contributed by atoms with Crippen molar-refractivity contribution >= 4 is 38.9 Å². The SMILES string of the molecule is CN(C(=O)c1ccc2c(c1)CCN2S(=O)(=O)c1ccc(Cl)cc1)c1ccccc1. The number of fused-ring (bicyclic) bond motifs is 1. The van der Waals surface area contributed by atoms with Gasteiger partial charge in [-0.3, -0.25) is 9.10 Å². The number of benzene rings is 3. The minimum absolute atomic E-state index is 0.141. The highest BCUT2D eigenvalue weighted by Gasteiger charge is 2.31. The van der Waals surface area contributed by atoms with Crippen LogP contribution >= 0.6 is 11.6 Å². The number of nitrogens with zero attached hydrogens (tertiary/aromatic N) is 2. The molecule has 0 fully saturated rings. The second-order valence-corrected chi connectivity index (χ2v) is 9.12. The third-order valence-electron chi connectivity index (χ3n) is 5.03. The number of para-hydroxylation sites is 1. The van der Waals surface area contributed by atoms with E-state index in [9.17, 15) is 13.2 Å². The fourth-order valence-electron chi connectivity index (χ4n) is 3.45. The van der Waals surface area contributed by atoms with Gasteiger partial charge < -0.3 is 4.90 Å². The molecule has 3 aromatic rings. The molecule has 1 aliphatic rings. The quantitative estimate of drug-likeness (QED) is 0.622. The summed E-state index contributed by atoms with van der Waals surface area (Å²) in [6.07, 6.45) is 0.554. The molecule has 0 bridgehead atoms. The van der Waals surface area contributed by atoms with Crippen LogP contribution in [0.1, 0.15) is 15.9 Å². The minimum atomic E-state index is -3.68. The fourth-order valence-corrected chi connectivity index (χ4v) is 5.08. The zero-order chi connectivity index (χ0) is 20.6. The van der Waals surface area contributed by atoms with Crippen molar-refractivity contribution in [2.45, 2.75) is 11.3 Å². The molecule has 4 rings (SSSR count). The number of amides is 1. The minimum Gasteiger partial charge on any atom is -0.311 e. The molecule has 29 heavy (non-hydrogen) atoms. The highest BCUT2D eigenvalue weighted by molar-refractivity contribution is 7.92. The van der Waals surface area contributed by atoms with Gasteiger partial charge in [-0.15, -0.1) is 0 Å². The maximum Gasteiger partial charge on any atom is 0.264 e. The molecule has 0 aromatic heterocycles. The standard InChI is InChI=1S/C22H19ClN2O3S/c1-24(19-5-3-2-4-6-19)22(26)17-7-12-21-16(15-17)13-14-25(21)29(27,28)20-10-8-18(23)9-11-20/h2-12,15H,13-14H2,1H3. The number of carbonyl (C=O) groups excluding carboxylic acids is 1. The van der Waals surface area contributed by atoms with Crippen LogP contribution in [0.25, 0.3) is 0 Å². The summed E-state index contributed by atoms with van der Waals surface area (Å²) in [7, 11) is -1.96. The van der Waals surface area contributed by atoms with E-state index in [-0.39, 0.29) is 10.8 Å². The van der Waals surface area contributed by atoms with E-state index < -0.39 is 10.0 Å². The maximum absolute atomic E-state index is 13.0. The van der Waals surface area contributed by atoms with Gasteiger partial charge in [0.1, 0.15) is 0 Å². The summed E-state index contributed by atoms with van der Waals surface area (Å²) in [5.41, 5.74) is 2.78. The largest absolute Gasteiger partial charge is 0.311 e. The lowest BCUT2D eigenvalue weighted by Crippen LogP contribution is -2.29. The van der Waals surface area contributed by atoms with Crippen molar-refractivity contribution in [3.63, 3.8) is 0 Å². The van der Waals surface area contributed by atoms with Crippen molar-refractivity contribution in [2.75, 3.05) is 22.8 Å². The molecule has 1 amide bonds. The Bertz CT molecular complexity index is 1160. The molecular formula is C22H19ClN2O3S. The lowest BCUT2D eigenvalue weighted by molar-refractivity contribution is 0.0993. The van der Waals surface area contributed by atoms with Crippen LogP contribution in [0, 0.1) is 0 Å². The van der Waals surface area contributed by atoms with E-state index in [1.54, 1.807) is 42.3 Å². The van der Waals surface area contributed by atoms with Crippen LogP contribution in [0.15, 0.2) is 77.7 Å². The predicted molar refractivity (Wildman–Crippen MR) is 115 cm³/mol. The monoisotopic (exact) mass is 426 g/mol. The van der Waals surface area contributed by atoms with Crippen LogP contribution in [0.5, 0.6) is 0 Å². The summed E-state index contributed by atoms with van der Waals surface area (Å²) in [4.78, 5) is 14.6. The summed E-state index contributed by atoms with van der Waals surface area (Å²) in [6, 6.07) is 20.7. The van der Waals surface area contributed by atoms with Gasteiger partial charge in [-0.05, 0) is 66.6 Å². The first-order valence-corrected chi connectivity index (χ1v) is 10.9. The Morgan fingerprint density at radius 2 is 1.69 bits per heavy atom. The summed E-state index contributed by atoms with van der Waals surface area (Å²) >= 11 is 5.88. The second-order valence-electron chi connectivity index (χ2n) is 6.82. The molecule has 1 aliphatic heterocycles. The van der Waals surface area contributed by atoms with Gasteiger partial charge in [0, 0.05) is 29.9 Å². The lowest BCUT2D eigenvalue weighted by atomic mass is 10.1. The summed E-state index contributed by atoms with van der Waals surface area (Å²) in [6.45, 7) is 0.340. The van der Waals surface area contributed by atoms with Crippen LogP contribution in [0.4, 0.5) is 11.4 Å². The van der Waals surface area contributed by atoms with Gasteiger partial charge >= 0.3 is 0 Å². The van der Waals surface area contributed by atoms with E-state index in [2.05, 4.69) is 0 Å². The number of rotatable bonds is 4. The smallest absolute Gasteiger partial charge is 0.264 e.